The van der Waals surface area contributed by atoms with E-state index in [9.17, 15) is 13.2 Å². The van der Waals surface area contributed by atoms with E-state index in [0.717, 1.165) is 6.26 Å². The molecule has 6 heteroatoms. The van der Waals surface area contributed by atoms with Crippen molar-refractivity contribution in [2.45, 2.75) is 26.3 Å². The minimum Gasteiger partial charge on any atom is -0.480 e. The van der Waals surface area contributed by atoms with Gasteiger partial charge in [0, 0.05) is 0 Å². The maximum Gasteiger partial charge on any atom is 0.321 e. The number of hydrogen-bond donors (Lipinski definition) is 2. The molecule has 2 N–H and O–H groups in total. The molecule has 2 rings (SSSR count). The summed E-state index contributed by atoms with van der Waals surface area (Å²) < 4.78 is 23.6. The first-order valence-electron chi connectivity index (χ1n) is 7.33. The quantitative estimate of drug-likeness (QED) is 0.879. The summed E-state index contributed by atoms with van der Waals surface area (Å²) in [6.07, 6.45) is 1.24. The van der Waals surface area contributed by atoms with Gasteiger partial charge in [-0.2, -0.15) is 0 Å². The summed E-state index contributed by atoms with van der Waals surface area (Å²) in [5, 5.41) is 11.3. The Hall–Kier alpha value is -1.92. The van der Waals surface area contributed by atoms with E-state index < -0.39 is 22.0 Å². The van der Waals surface area contributed by atoms with Crippen molar-refractivity contribution < 1.29 is 18.3 Å². The molecule has 0 fully saturated rings. The lowest BCUT2D eigenvalue weighted by molar-refractivity contribution is -0.139. The predicted octanol–water partition coefficient (Wildman–Crippen LogP) is 2.87. The van der Waals surface area contributed by atoms with Crippen molar-refractivity contribution in [1.29, 1.82) is 0 Å². The number of fused-ring (bicyclic) bond motifs is 1. The topological polar surface area (TPSA) is 83.5 Å². The van der Waals surface area contributed by atoms with E-state index in [1.165, 1.54) is 10.8 Å². The SMILES string of the molecule is CC(C)CC(NS(C)(=O)=O)C(=O)O.c1ccc2ccccc2c1. The van der Waals surface area contributed by atoms with Crippen molar-refractivity contribution in [1.82, 2.24) is 4.72 Å². The molecule has 0 aliphatic carbocycles. The van der Waals surface area contributed by atoms with Gasteiger partial charge in [-0.3, -0.25) is 4.79 Å². The third-order valence-corrected chi connectivity index (χ3v) is 3.73. The molecule has 0 radical (unpaired) electrons. The molecular formula is C17H23NO4S. The highest BCUT2D eigenvalue weighted by Crippen LogP contribution is 2.11. The molecule has 1 unspecified atom stereocenters. The minimum absolute atomic E-state index is 0.135. The molecule has 0 bridgehead atoms. The predicted molar refractivity (Wildman–Crippen MR) is 92.8 cm³/mol. The maximum absolute atomic E-state index is 10.8. The third kappa shape index (κ3) is 7.76. The highest BCUT2D eigenvalue weighted by molar-refractivity contribution is 7.88. The molecule has 0 saturated carbocycles. The normalized spacial score (nSPS) is 12.5. The van der Waals surface area contributed by atoms with Gasteiger partial charge < -0.3 is 5.11 Å². The van der Waals surface area contributed by atoms with E-state index in [2.05, 4.69) is 53.3 Å². The molecule has 2 aromatic carbocycles. The van der Waals surface area contributed by atoms with E-state index in [0.29, 0.717) is 6.42 Å². The lowest BCUT2D eigenvalue weighted by Crippen LogP contribution is -2.40. The second kappa shape index (κ2) is 8.64. The van der Waals surface area contributed by atoms with Gasteiger partial charge in [0.05, 0.1) is 6.26 Å². The standard InChI is InChI=1S/C10H8.C7H15NO4S/c1-2-6-10-8-4-3-7-9(10)5-1;1-5(2)4-6(7(9)10)8-13(3,11)12/h1-8H;5-6,8H,4H2,1-3H3,(H,9,10). The van der Waals surface area contributed by atoms with E-state index >= 15 is 0 Å². The molecule has 23 heavy (non-hydrogen) atoms. The van der Waals surface area contributed by atoms with Crippen LogP contribution in [0.25, 0.3) is 10.8 Å². The monoisotopic (exact) mass is 337 g/mol. The Morgan fingerprint density at radius 1 is 1.04 bits per heavy atom. The molecule has 1 atom stereocenters. The van der Waals surface area contributed by atoms with Crippen LogP contribution < -0.4 is 4.72 Å². The summed E-state index contributed by atoms with van der Waals surface area (Å²) in [6, 6.07) is 15.7. The smallest absolute Gasteiger partial charge is 0.321 e. The molecule has 126 valence electrons. The number of benzene rings is 2. The summed E-state index contributed by atoms with van der Waals surface area (Å²) in [6.45, 7) is 3.67. The number of aliphatic carboxylic acids is 1. The van der Waals surface area contributed by atoms with Crippen LogP contribution in [0.5, 0.6) is 0 Å². The van der Waals surface area contributed by atoms with Crippen LogP contribution in [0.3, 0.4) is 0 Å². The van der Waals surface area contributed by atoms with Crippen molar-refractivity contribution >= 4 is 26.8 Å². The molecule has 0 aliphatic heterocycles. The molecule has 0 aliphatic rings. The number of carbonyl (C=O) groups is 1. The Balaban J connectivity index is 0.000000235. The maximum atomic E-state index is 10.8. The zero-order valence-electron chi connectivity index (χ0n) is 13.6. The molecule has 0 heterocycles. The van der Waals surface area contributed by atoms with Crippen LogP contribution in [0.1, 0.15) is 20.3 Å². The lowest BCUT2D eigenvalue weighted by Gasteiger charge is -2.14. The largest absolute Gasteiger partial charge is 0.480 e. The Labute approximate surface area is 137 Å². The number of rotatable bonds is 5. The van der Waals surface area contributed by atoms with Gasteiger partial charge >= 0.3 is 5.97 Å². The number of carboxylic acids is 1. The van der Waals surface area contributed by atoms with E-state index in [1.807, 2.05) is 13.8 Å². The molecule has 0 spiro atoms. The van der Waals surface area contributed by atoms with Crippen LogP contribution in [0.4, 0.5) is 0 Å². The minimum atomic E-state index is -3.44. The van der Waals surface area contributed by atoms with Gasteiger partial charge in [0.1, 0.15) is 6.04 Å². The number of carboxylic acid groups (broad SMARTS) is 1. The van der Waals surface area contributed by atoms with E-state index in [-0.39, 0.29) is 5.92 Å². The van der Waals surface area contributed by atoms with Crippen LogP contribution in [-0.4, -0.2) is 31.8 Å². The van der Waals surface area contributed by atoms with Crippen LogP contribution in [0.15, 0.2) is 48.5 Å². The molecular weight excluding hydrogens is 314 g/mol. The number of sulfonamides is 1. The zero-order valence-corrected chi connectivity index (χ0v) is 14.4. The second-order valence-electron chi connectivity index (χ2n) is 5.76. The Morgan fingerprint density at radius 2 is 1.43 bits per heavy atom. The second-order valence-corrected chi connectivity index (χ2v) is 7.54. The molecule has 5 nitrogen and oxygen atoms in total. The number of hydrogen-bond acceptors (Lipinski definition) is 3. The van der Waals surface area contributed by atoms with Crippen LogP contribution in [0.2, 0.25) is 0 Å². The van der Waals surface area contributed by atoms with Crippen molar-refractivity contribution in [3.8, 4) is 0 Å². The Morgan fingerprint density at radius 3 is 1.70 bits per heavy atom. The Kier molecular flexibility index (Phi) is 7.19. The van der Waals surface area contributed by atoms with Gasteiger partial charge in [-0.05, 0) is 23.1 Å². The van der Waals surface area contributed by atoms with Gasteiger partial charge in [-0.1, -0.05) is 62.4 Å². The first-order chi connectivity index (χ1) is 10.7. The van der Waals surface area contributed by atoms with Crippen LogP contribution in [-0.2, 0) is 14.8 Å². The van der Waals surface area contributed by atoms with Crippen molar-refractivity contribution in [3.63, 3.8) is 0 Å². The van der Waals surface area contributed by atoms with E-state index in [1.54, 1.807) is 0 Å². The molecule has 0 saturated heterocycles. The summed E-state index contributed by atoms with van der Waals surface area (Å²) >= 11 is 0. The van der Waals surface area contributed by atoms with Gasteiger partial charge in [0.2, 0.25) is 10.0 Å². The van der Waals surface area contributed by atoms with Gasteiger partial charge in [0.15, 0.2) is 0 Å². The van der Waals surface area contributed by atoms with Crippen molar-refractivity contribution in [2.75, 3.05) is 6.26 Å². The van der Waals surface area contributed by atoms with Gasteiger partial charge in [0.25, 0.3) is 0 Å². The first-order valence-corrected chi connectivity index (χ1v) is 9.22. The first kappa shape index (κ1) is 19.1. The molecule has 0 amide bonds. The molecule has 2 aromatic rings. The summed E-state index contributed by atoms with van der Waals surface area (Å²) in [5.74, 6) is -1.01. The highest BCUT2D eigenvalue weighted by atomic mass is 32.2. The zero-order chi connectivity index (χ0) is 17.5. The van der Waals surface area contributed by atoms with Crippen molar-refractivity contribution in [3.05, 3.63) is 48.5 Å². The summed E-state index contributed by atoms with van der Waals surface area (Å²) in [7, 11) is -3.44. The highest BCUT2D eigenvalue weighted by Gasteiger charge is 2.21. The fourth-order valence-electron chi connectivity index (χ4n) is 2.06. The average Bonchev–Trinajstić information content (AvgIpc) is 2.45. The van der Waals surface area contributed by atoms with Crippen LogP contribution >= 0.6 is 0 Å². The average molecular weight is 337 g/mol. The third-order valence-electron chi connectivity index (χ3n) is 3.02. The molecule has 0 aromatic heterocycles. The van der Waals surface area contributed by atoms with Gasteiger partial charge in [-0.25, -0.2) is 13.1 Å². The van der Waals surface area contributed by atoms with Gasteiger partial charge in [-0.15, -0.1) is 0 Å². The lowest BCUT2D eigenvalue weighted by atomic mass is 10.1. The summed E-state index contributed by atoms with van der Waals surface area (Å²) in [5.41, 5.74) is 0. The fourth-order valence-corrected chi connectivity index (χ4v) is 2.78. The Bertz CT molecular complexity index is 676. The van der Waals surface area contributed by atoms with Crippen molar-refractivity contribution in [2.24, 2.45) is 5.92 Å². The number of nitrogens with one attached hydrogen (secondary N) is 1. The summed E-state index contributed by atoms with van der Waals surface area (Å²) in [4.78, 5) is 10.6. The van der Waals surface area contributed by atoms with Crippen LogP contribution in [0, 0.1) is 5.92 Å². The fraction of sp³-hybridized carbons (Fsp3) is 0.353. The van der Waals surface area contributed by atoms with E-state index in [4.69, 9.17) is 5.11 Å².